The van der Waals surface area contributed by atoms with Crippen molar-refractivity contribution < 1.29 is 24.2 Å². The molecule has 6 atom stereocenters. The standard InChI is InChI=1S/C34H41N3O5/c1-5-19-35(4)30(39)27-28-31(40)37(26(23-38)21-24-13-9-7-10-14-24)29(34(28)18-17-33(27,3)42-34)32(41)36(20-6-2)22-25-15-11-8-12-16-25/h5-16,26-29,38H,1-2,17-23H2,3-4H3/t26-,27-,28+,29?,33+,34?/m1/s1. The Morgan fingerprint density at radius 1 is 1.02 bits per heavy atom. The van der Waals surface area contributed by atoms with E-state index in [1.54, 1.807) is 33.9 Å². The fourth-order valence-corrected chi connectivity index (χ4v) is 7.44. The zero-order valence-electron chi connectivity index (χ0n) is 24.5. The van der Waals surface area contributed by atoms with Crippen molar-refractivity contribution >= 4 is 17.7 Å². The molecule has 3 fully saturated rings. The van der Waals surface area contributed by atoms with Crippen molar-refractivity contribution in [1.29, 1.82) is 0 Å². The second kappa shape index (κ2) is 11.9. The number of hydrogen-bond acceptors (Lipinski definition) is 5. The molecule has 42 heavy (non-hydrogen) atoms. The van der Waals surface area contributed by atoms with Crippen LogP contribution in [0.5, 0.6) is 0 Å². The molecule has 3 aliphatic heterocycles. The van der Waals surface area contributed by atoms with Crippen LogP contribution in [0.3, 0.4) is 0 Å². The number of carbonyl (C=O) groups is 3. The summed E-state index contributed by atoms with van der Waals surface area (Å²) >= 11 is 0. The monoisotopic (exact) mass is 571 g/mol. The summed E-state index contributed by atoms with van der Waals surface area (Å²) in [6, 6.07) is 17.6. The largest absolute Gasteiger partial charge is 0.394 e. The summed E-state index contributed by atoms with van der Waals surface area (Å²) in [4.78, 5) is 48.0. The number of ether oxygens (including phenoxy) is 1. The Morgan fingerprint density at radius 3 is 2.24 bits per heavy atom. The van der Waals surface area contributed by atoms with Crippen molar-refractivity contribution in [2.24, 2.45) is 11.8 Å². The lowest BCUT2D eigenvalue weighted by Crippen LogP contribution is -2.59. The minimum atomic E-state index is -1.18. The molecule has 1 spiro atoms. The molecule has 1 N–H and O–H groups in total. The van der Waals surface area contributed by atoms with Gasteiger partial charge in [0.15, 0.2) is 0 Å². The number of nitrogens with zero attached hydrogens (tertiary/aromatic N) is 3. The van der Waals surface area contributed by atoms with E-state index in [1.807, 2.05) is 67.6 Å². The van der Waals surface area contributed by atoms with Crippen LogP contribution in [-0.2, 0) is 32.1 Å². The number of rotatable bonds is 12. The maximum absolute atomic E-state index is 14.7. The van der Waals surface area contributed by atoms with Gasteiger partial charge in [-0.25, -0.2) is 0 Å². The van der Waals surface area contributed by atoms with E-state index < -0.39 is 35.1 Å². The van der Waals surface area contributed by atoms with Crippen LogP contribution < -0.4 is 0 Å². The Morgan fingerprint density at radius 2 is 1.64 bits per heavy atom. The number of likely N-dealkylation sites (N-methyl/N-ethyl adjacent to an activating group) is 1. The molecule has 0 saturated carbocycles. The van der Waals surface area contributed by atoms with Gasteiger partial charge in [0.25, 0.3) is 0 Å². The van der Waals surface area contributed by atoms with Crippen LogP contribution in [0.15, 0.2) is 86.0 Å². The van der Waals surface area contributed by atoms with Crippen molar-refractivity contribution in [3.8, 4) is 0 Å². The summed E-state index contributed by atoms with van der Waals surface area (Å²) in [6.07, 6.45) is 4.71. The lowest BCUT2D eigenvalue weighted by molar-refractivity contribution is -0.156. The molecule has 5 rings (SSSR count). The number of aliphatic hydroxyl groups excluding tert-OH is 1. The Hall–Kier alpha value is -3.75. The molecule has 3 saturated heterocycles. The highest BCUT2D eigenvalue weighted by atomic mass is 16.5. The van der Waals surface area contributed by atoms with Crippen molar-refractivity contribution in [2.45, 2.75) is 56.0 Å². The minimum Gasteiger partial charge on any atom is -0.394 e. The molecule has 8 nitrogen and oxygen atoms in total. The summed E-state index contributed by atoms with van der Waals surface area (Å²) in [5, 5.41) is 10.7. The first kappa shape index (κ1) is 29.7. The van der Waals surface area contributed by atoms with E-state index in [0.717, 1.165) is 11.1 Å². The highest BCUT2D eigenvalue weighted by Crippen LogP contribution is 2.63. The first-order chi connectivity index (χ1) is 20.2. The number of hydrogen-bond donors (Lipinski definition) is 1. The van der Waals surface area contributed by atoms with Crippen LogP contribution >= 0.6 is 0 Å². The van der Waals surface area contributed by atoms with Gasteiger partial charge in [-0.2, -0.15) is 0 Å². The third kappa shape index (κ3) is 4.96. The third-order valence-electron chi connectivity index (χ3n) is 9.29. The van der Waals surface area contributed by atoms with Crippen molar-refractivity contribution in [3.63, 3.8) is 0 Å². The van der Waals surface area contributed by atoms with Gasteiger partial charge in [-0.15, -0.1) is 13.2 Å². The summed E-state index contributed by atoms with van der Waals surface area (Å²) in [5.74, 6) is -2.35. The summed E-state index contributed by atoms with van der Waals surface area (Å²) in [5.41, 5.74) is -0.177. The predicted molar refractivity (Wildman–Crippen MR) is 160 cm³/mol. The SMILES string of the molecule is C=CCN(C)C(=O)[C@H]1[C@H]2C(=O)N([C@@H](CO)Cc3ccccc3)C(C(=O)N(CC=C)Cc3ccccc3)C23CC[C@]1(C)O3. The number of likely N-dealkylation sites (tertiary alicyclic amines) is 1. The maximum atomic E-state index is 14.7. The number of aliphatic hydroxyl groups is 1. The number of fused-ring (bicyclic) bond motifs is 1. The lowest BCUT2D eigenvalue weighted by Gasteiger charge is -2.39. The third-order valence-corrected chi connectivity index (χ3v) is 9.29. The van der Waals surface area contributed by atoms with E-state index in [1.165, 1.54) is 0 Å². The Bertz CT molecular complexity index is 1330. The van der Waals surface area contributed by atoms with Gasteiger partial charge >= 0.3 is 0 Å². The second-order valence-electron chi connectivity index (χ2n) is 12.0. The lowest BCUT2D eigenvalue weighted by atomic mass is 9.66. The topological polar surface area (TPSA) is 90.4 Å². The Kier molecular flexibility index (Phi) is 8.39. The first-order valence-corrected chi connectivity index (χ1v) is 14.7. The molecule has 2 aromatic carbocycles. The van der Waals surface area contributed by atoms with E-state index in [2.05, 4.69) is 13.2 Å². The molecule has 0 aliphatic carbocycles. The molecule has 0 radical (unpaired) electrons. The van der Waals surface area contributed by atoms with Gasteiger partial charge in [0.1, 0.15) is 11.6 Å². The predicted octanol–water partition coefficient (Wildman–Crippen LogP) is 3.21. The van der Waals surface area contributed by atoms with Crippen molar-refractivity contribution in [2.75, 3.05) is 26.7 Å². The van der Waals surface area contributed by atoms with Crippen LogP contribution in [0, 0.1) is 11.8 Å². The molecule has 8 heteroatoms. The van der Waals surface area contributed by atoms with Gasteiger partial charge < -0.3 is 24.5 Å². The van der Waals surface area contributed by atoms with E-state index in [0.29, 0.717) is 32.4 Å². The zero-order chi connectivity index (χ0) is 30.1. The van der Waals surface area contributed by atoms with Crippen LogP contribution in [-0.4, -0.2) is 87.6 Å². The molecule has 2 bridgehead atoms. The average molecular weight is 572 g/mol. The number of carbonyl (C=O) groups excluding carboxylic acids is 3. The van der Waals surface area contributed by atoms with Gasteiger partial charge in [0.2, 0.25) is 17.7 Å². The molecule has 0 aromatic heterocycles. The van der Waals surface area contributed by atoms with Crippen LogP contribution in [0.4, 0.5) is 0 Å². The summed E-state index contributed by atoms with van der Waals surface area (Å²) in [7, 11) is 1.70. The number of benzene rings is 2. The summed E-state index contributed by atoms with van der Waals surface area (Å²) < 4.78 is 6.80. The maximum Gasteiger partial charge on any atom is 0.249 e. The Labute approximate surface area is 248 Å². The molecule has 222 valence electrons. The van der Waals surface area contributed by atoms with Gasteiger partial charge in [-0.3, -0.25) is 14.4 Å². The normalized spacial score (nSPS) is 28.3. The van der Waals surface area contributed by atoms with Gasteiger partial charge in [-0.1, -0.05) is 72.8 Å². The molecule has 2 aromatic rings. The fourth-order valence-electron chi connectivity index (χ4n) is 7.44. The van der Waals surface area contributed by atoms with Gasteiger partial charge in [0, 0.05) is 26.7 Å². The molecule has 2 unspecified atom stereocenters. The van der Waals surface area contributed by atoms with E-state index in [-0.39, 0.29) is 30.9 Å². The smallest absolute Gasteiger partial charge is 0.249 e. The zero-order valence-corrected chi connectivity index (χ0v) is 24.5. The number of amides is 3. The molecule has 3 heterocycles. The summed E-state index contributed by atoms with van der Waals surface area (Å²) in [6.45, 7) is 10.1. The van der Waals surface area contributed by atoms with Crippen LogP contribution in [0.1, 0.15) is 30.9 Å². The van der Waals surface area contributed by atoms with Crippen LogP contribution in [0.2, 0.25) is 0 Å². The van der Waals surface area contributed by atoms with Gasteiger partial charge in [-0.05, 0) is 37.3 Å². The van der Waals surface area contributed by atoms with E-state index in [9.17, 15) is 19.5 Å². The molecular weight excluding hydrogens is 530 g/mol. The molecular formula is C34H41N3O5. The Balaban J connectivity index is 1.59. The minimum absolute atomic E-state index is 0.193. The van der Waals surface area contributed by atoms with E-state index in [4.69, 9.17) is 4.74 Å². The highest BCUT2D eigenvalue weighted by Gasteiger charge is 2.78. The molecule has 3 amide bonds. The fraction of sp³-hybridized carbons (Fsp3) is 0.441. The second-order valence-corrected chi connectivity index (χ2v) is 12.0. The quantitative estimate of drug-likeness (QED) is 0.395. The van der Waals surface area contributed by atoms with E-state index >= 15 is 0 Å². The van der Waals surface area contributed by atoms with Crippen molar-refractivity contribution in [3.05, 3.63) is 97.1 Å². The first-order valence-electron chi connectivity index (χ1n) is 14.7. The average Bonchev–Trinajstić information content (AvgIpc) is 3.56. The van der Waals surface area contributed by atoms with Crippen LogP contribution in [0.25, 0.3) is 0 Å². The van der Waals surface area contributed by atoms with Gasteiger partial charge in [0.05, 0.1) is 30.1 Å². The highest BCUT2D eigenvalue weighted by molar-refractivity contribution is 5.99. The van der Waals surface area contributed by atoms with Crippen molar-refractivity contribution in [1.82, 2.24) is 14.7 Å². The molecule has 3 aliphatic rings.